The molecule has 1 aliphatic rings. The maximum atomic E-state index is 12.0. The minimum absolute atomic E-state index is 0.115. The molecule has 2 aromatic carbocycles. The van der Waals surface area contributed by atoms with Crippen LogP contribution in [-0.4, -0.2) is 21.4 Å². The van der Waals surface area contributed by atoms with E-state index in [2.05, 4.69) is 10.6 Å². The van der Waals surface area contributed by atoms with Gasteiger partial charge in [-0.1, -0.05) is 54.3 Å². The van der Waals surface area contributed by atoms with E-state index in [9.17, 15) is 9.59 Å². The van der Waals surface area contributed by atoms with Crippen molar-refractivity contribution in [2.24, 2.45) is 0 Å². The molecule has 0 aromatic heterocycles. The summed E-state index contributed by atoms with van der Waals surface area (Å²) in [6.07, 6.45) is 0.115. The Labute approximate surface area is 131 Å². The predicted molar refractivity (Wildman–Crippen MR) is 89.3 cm³/mol. The van der Waals surface area contributed by atoms with Crippen LogP contribution in [0.25, 0.3) is 10.8 Å². The van der Waals surface area contributed by atoms with Crippen LogP contribution in [0.2, 0.25) is 0 Å². The highest BCUT2D eigenvalue weighted by molar-refractivity contribution is 8.24. The Balaban J connectivity index is 1.68. The summed E-state index contributed by atoms with van der Waals surface area (Å²) in [7, 11) is 0. The summed E-state index contributed by atoms with van der Waals surface area (Å²) in [4.78, 5) is 23.6. The lowest BCUT2D eigenvalue weighted by molar-refractivity contribution is -0.122. The van der Waals surface area contributed by atoms with Crippen molar-refractivity contribution in [1.82, 2.24) is 5.32 Å². The monoisotopic (exact) mass is 316 g/mol. The number of thiocarbonyl (C=S) groups is 1. The van der Waals surface area contributed by atoms with Crippen molar-refractivity contribution in [1.29, 1.82) is 0 Å². The molecule has 106 valence electrons. The maximum absolute atomic E-state index is 12.0. The molecule has 1 heterocycles. The number of amides is 2. The molecule has 0 saturated carbocycles. The van der Waals surface area contributed by atoms with Gasteiger partial charge in [-0.25, -0.2) is 0 Å². The average molecular weight is 316 g/mol. The van der Waals surface area contributed by atoms with Gasteiger partial charge in [0.05, 0.1) is 5.25 Å². The van der Waals surface area contributed by atoms with Gasteiger partial charge in [0.1, 0.15) is 4.32 Å². The lowest BCUT2D eigenvalue weighted by Crippen LogP contribution is -2.27. The second-order valence-electron chi connectivity index (χ2n) is 4.70. The summed E-state index contributed by atoms with van der Waals surface area (Å²) in [6.45, 7) is 0. The van der Waals surface area contributed by atoms with Crippen LogP contribution in [0.4, 0.5) is 5.69 Å². The Bertz CT molecular complexity index is 745. The van der Waals surface area contributed by atoms with Crippen LogP contribution in [0, 0.1) is 0 Å². The van der Waals surface area contributed by atoms with E-state index >= 15 is 0 Å². The second kappa shape index (κ2) is 5.83. The highest BCUT2D eigenvalue weighted by Gasteiger charge is 2.30. The topological polar surface area (TPSA) is 58.2 Å². The number of anilines is 1. The van der Waals surface area contributed by atoms with E-state index in [1.807, 2.05) is 42.5 Å². The first-order valence-corrected chi connectivity index (χ1v) is 7.71. The molecule has 1 fully saturated rings. The molecule has 1 aliphatic heterocycles. The van der Waals surface area contributed by atoms with Crippen molar-refractivity contribution in [3.63, 3.8) is 0 Å². The van der Waals surface area contributed by atoms with E-state index in [0.717, 1.165) is 16.5 Å². The highest BCUT2D eigenvalue weighted by Crippen LogP contribution is 2.23. The summed E-state index contributed by atoms with van der Waals surface area (Å²) in [5.41, 5.74) is 0.727. The molecule has 21 heavy (non-hydrogen) atoms. The fraction of sp³-hybridized carbons (Fsp3) is 0.133. The summed E-state index contributed by atoms with van der Waals surface area (Å²) in [5, 5.41) is 7.10. The van der Waals surface area contributed by atoms with Crippen molar-refractivity contribution in [3.05, 3.63) is 42.5 Å². The predicted octanol–water partition coefficient (Wildman–Crippen LogP) is 2.68. The number of hydrogen-bond donors (Lipinski definition) is 2. The molecule has 6 heteroatoms. The van der Waals surface area contributed by atoms with E-state index in [1.54, 1.807) is 0 Å². The Morgan fingerprint density at radius 1 is 1.24 bits per heavy atom. The van der Waals surface area contributed by atoms with E-state index in [1.165, 1.54) is 11.8 Å². The molecule has 3 rings (SSSR count). The SMILES string of the molecule is O=C(CC1SC(=S)NC1=O)Nc1ccc2ccccc2c1. The largest absolute Gasteiger partial charge is 0.326 e. The van der Waals surface area contributed by atoms with Crippen LogP contribution in [0.15, 0.2) is 42.5 Å². The zero-order valence-electron chi connectivity index (χ0n) is 11.0. The number of thioether (sulfide) groups is 1. The zero-order chi connectivity index (χ0) is 14.8. The quantitative estimate of drug-likeness (QED) is 0.855. The standard InChI is InChI=1S/C15H12N2O2S2/c18-13(8-12-14(19)17-15(20)21-12)16-11-6-5-9-3-1-2-4-10(9)7-11/h1-7,12H,8H2,(H,16,18)(H,17,19,20). The van der Waals surface area contributed by atoms with Gasteiger partial charge in [0.15, 0.2) is 0 Å². The first-order chi connectivity index (χ1) is 10.1. The molecule has 2 amide bonds. The Hall–Kier alpha value is -1.92. The number of benzene rings is 2. The lowest BCUT2D eigenvalue weighted by Gasteiger charge is -2.08. The van der Waals surface area contributed by atoms with Crippen LogP contribution in [-0.2, 0) is 9.59 Å². The fourth-order valence-electron chi connectivity index (χ4n) is 2.18. The van der Waals surface area contributed by atoms with Gasteiger partial charge in [-0.15, -0.1) is 0 Å². The maximum Gasteiger partial charge on any atom is 0.239 e. The number of carbonyl (C=O) groups excluding carboxylic acids is 2. The number of nitrogens with one attached hydrogen (secondary N) is 2. The summed E-state index contributed by atoms with van der Waals surface area (Å²) in [5.74, 6) is -0.388. The van der Waals surface area contributed by atoms with Gasteiger partial charge in [-0.3, -0.25) is 9.59 Å². The molecule has 0 radical (unpaired) electrons. The molecule has 0 aliphatic carbocycles. The molecule has 2 N–H and O–H groups in total. The van der Waals surface area contributed by atoms with Gasteiger partial charge in [0.25, 0.3) is 0 Å². The number of fused-ring (bicyclic) bond motifs is 1. The molecule has 0 bridgehead atoms. The first-order valence-electron chi connectivity index (χ1n) is 6.42. The Kier molecular flexibility index (Phi) is 3.90. The van der Waals surface area contributed by atoms with Crippen molar-refractivity contribution in [3.8, 4) is 0 Å². The lowest BCUT2D eigenvalue weighted by atomic mass is 10.1. The van der Waals surface area contributed by atoms with Crippen LogP contribution in [0.3, 0.4) is 0 Å². The molecular formula is C15H12N2O2S2. The van der Waals surface area contributed by atoms with Gasteiger partial charge in [0, 0.05) is 12.1 Å². The number of hydrogen-bond acceptors (Lipinski definition) is 4. The zero-order valence-corrected chi connectivity index (χ0v) is 12.6. The molecule has 0 spiro atoms. The van der Waals surface area contributed by atoms with Crippen molar-refractivity contribution in [2.45, 2.75) is 11.7 Å². The molecule has 2 aromatic rings. The molecule has 1 saturated heterocycles. The van der Waals surface area contributed by atoms with E-state index in [-0.39, 0.29) is 18.2 Å². The van der Waals surface area contributed by atoms with Gasteiger partial charge >= 0.3 is 0 Å². The van der Waals surface area contributed by atoms with Crippen molar-refractivity contribution >= 4 is 56.6 Å². The molecular weight excluding hydrogens is 304 g/mol. The normalized spacial score (nSPS) is 17.8. The number of rotatable bonds is 3. The highest BCUT2D eigenvalue weighted by atomic mass is 32.2. The third kappa shape index (κ3) is 3.22. The van der Waals surface area contributed by atoms with Crippen LogP contribution >= 0.6 is 24.0 Å². The van der Waals surface area contributed by atoms with Crippen LogP contribution < -0.4 is 10.6 Å². The smallest absolute Gasteiger partial charge is 0.239 e. The van der Waals surface area contributed by atoms with Crippen LogP contribution in [0.5, 0.6) is 0 Å². The van der Waals surface area contributed by atoms with E-state index in [0.29, 0.717) is 4.32 Å². The van der Waals surface area contributed by atoms with Gasteiger partial charge < -0.3 is 10.6 Å². The Morgan fingerprint density at radius 3 is 2.71 bits per heavy atom. The van der Waals surface area contributed by atoms with E-state index < -0.39 is 5.25 Å². The number of carbonyl (C=O) groups is 2. The fourth-order valence-corrected chi connectivity index (χ4v) is 3.44. The molecule has 4 nitrogen and oxygen atoms in total. The molecule has 1 unspecified atom stereocenters. The van der Waals surface area contributed by atoms with Crippen molar-refractivity contribution < 1.29 is 9.59 Å². The molecule has 1 atom stereocenters. The van der Waals surface area contributed by atoms with Gasteiger partial charge in [-0.2, -0.15) is 0 Å². The van der Waals surface area contributed by atoms with E-state index in [4.69, 9.17) is 12.2 Å². The Morgan fingerprint density at radius 2 is 2.00 bits per heavy atom. The summed E-state index contributed by atoms with van der Waals surface area (Å²) in [6, 6.07) is 13.7. The minimum atomic E-state index is -0.432. The van der Waals surface area contributed by atoms with Crippen LogP contribution in [0.1, 0.15) is 6.42 Å². The van der Waals surface area contributed by atoms with Gasteiger partial charge in [0.2, 0.25) is 11.8 Å². The summed E-state index contributed by atoms with van der Waals surface area (Å²) >= 11 is 6.13. The third-order valence-electron chi connectivity index (χ3n) is 3.17. The van der Waals surface area contributed by atoms with Gasteiger partial charge in [-0.05, 0) is 22.9 Å². The summed E-state index contributed by atoms with van der Waals surface area (Å²) < 4.78 is 0.434. The second-order valence-corrected chi connectivity index (χ2v) is 6.58. The first kappa shape index (κ1) is 14.0. The average Bonchev–Trinajstić information content (AvgIpc) is 2.76. The third-order valence-corrected chi connectivity index (χ3v) is 4.54. The van der Waals surface area contributed by atoms with Crippen molar-refractivity contribution in [2.75, 3.05) is 5.32 Å². The minimum Gasteiger partial charge on any atom is -0.326 e.